The van der Waals surface area contributed by atoms with E-state index in [0.29, 0.717) is 0 Å². The van der Waals surface area contributed by atoms with Gasteiger partial charge in [0.15, 0.2) is 4.96 Å². The number of fused-ring (bicyclic) bond motifs is 3. The van der Waals surface area contributed by atoms with Crippen molar-refractivity contribution in [3.05, 3.63) is 74.3 Å². The second-order valence-electron chi connectivity index (χ2n) is 5.98. The maximum atomic E-state index is 10.8. The van der Waals surface area contributed by atoms with Crippen molar-refractivity contribution in [3.63, 3.8) is 0 Å². The lowest BCUT2D eigenvalue weighted by molar-refractivity contribution is -0.384. The summed E-state index contributed by atoms with van der Waals surface area (Å²) in [6.07, 6.45) is 0.719. The van der Waals surface area contributed by atoms with Crippen LogP contribution >= 0.6 is 11.3 Å². The number of aryl methyl sites for hydroxylation is 2. The standard InChI is InChI=1S/C18H15N3O2S/c1-11-7-16-17(8-12(11)2)20-15(10-24-18(20)19-16)9-13-3-5-14(6-4-13)21(22)23/h3-8,10H,9H2,1-2H3. The molecule has 0 saturated heterocycles. The van der Waals surface area contributed by atoms with Gasteiger partial charge in [0.25, 0.3) is 5.69 Å². The van der Waals surface area contributed by atoms with E-state index >= 15 is 0 Å². The minimum atomic E-state index is -0.374. The number of nitrogens with zero attached hydrogens (tertiary/aromatic N) is 3. The van der Waals surface area contributed by atoms with E-state index in [1.54, 1.807) is 23.5 Å². The second-order valence-corrected chi connectivity index (χ2v) is 6.82. The van der Waals surface area contributed by atoms with Gasteiger partial charge < -0.3 is 0 Å². The summed E-state index contributed by atoms with van der Waals surface area (Å²) in [7, 11) is 0. The molecule has 5 nitrogen and oxygen atoms in total. The Morgan fingerprint density at radius 2 is 1.88 bits per heavy atom. The fourth-order valence-corrected chi connectivity index (χ4v) is 3.81. The molecule has 0 radical (unpaired) electrons. The number of rotatable bonds is 3. The molecule has 0 amide bonds. The summed E-state index contributed by atoms with van der Waals surface area (Å²) in [6.45, 7) is 4.20. The molecule has 0 fully saturated rings. The Balaban J connectivity index is 1.79. The fourth-order valence-electron chi connectivity index (χ4n) is 2.91. The summed E-state index contributed by atoms with van der Waals surface area (Å²) >= 11 is 1.62. The van der Waals surface area contributed by atoms with Crippen LogP contribution in [0.4, 0.5) is 5.69 Å². The summed E-state index contributed by atoms with van der Waals surface area (Å²) in [5.41, 5.74) is 6.93. The van der Waals surface area contributed by atoms with Gasteiger partial charge in [-0.1, -0.05) is 12.1 Å². The highest BCUT2D eigenvalue weighted by Crippen LogP contribution is 2.27. The first kappa shape index (κ1) is 14.8. The Hall–Kier alpha value is -2.73. The minimum absolute atomic E-state index is 0.119. The van der Waals surface area contributed by atoms with Gasteiger partial charge in [-0.3, -0.25) is 14.5 Å². The first-order chi connectivity index (χ1) is 11.5. The molecule has 0 aliphatic heterocycles. The van der Waals surface area contributed by atoms with Crippen LogP contribution in [0.1, 0.15) is 22.4 Å². The fraction of sp³-hybridized carbons (Fsp3) is 0.167. The van der Waals surface area contributed by atoms with E-state index in [-0.39, 0.29) is 10.6 Å². The van der Waals surface area contributed by atoms with Crippen LogP contribution in [0, 0.1) is 24.0 Å². The largest absolute Gasteiger partial charge is 0.287 e. The summed E-state index contributed by atoms with van der Waals surface area (Å²) in [4.78, 5) is 16.1. The average molecular weight is 337 g/mol. The highest BCUT2D eigenvalue weighted by Gasteiger charge is 2.13. The van der Waals surface area contributed by atoms with Crippen molar-refractivity contribution in [2.24, 2.45) is 0 Å². The highest BCUT2D eigenvalue weighted by atomic mass is 32.1. The molecule has 0 spiro atoms. The predicted octanol–water partition coefficient (Wildman–Crippen LogP) is 4.66. The van der Waals surface area contributed by atoms with Gasteiger partial charge in [0.1, 0.15) is 0 Å². The molecule has 0 saturated carbocycles. The number of nitro groups is 1. The molecule has 2 heterocycles. The SMILES string of the molecule is Cc1cc2nc3scc(Cc4ccc([N+](=O)[O-])cc4)n3c2cc1C. The number of benzene rings is 2. The zero-order valence-corrected chi connectivity index (χ0v) is 14.1. The lowest BCUT2D eigenvalue weighted by atomic mass is 10.1. The van der Waals surface area contributed by atoms with E-state index in [1.807, 2.05) is 12.1 Å². The van der Waals surface area contributed by atoms with Crippen molar-refractivity contribution in [2.75, 3.05) is 0 Å². The van der Waals surface area contributed by atoms with Crippen molar-refractivity contribution in [1.29, 1.82) is 0 Å². The molecule has 2 aromatic carbocycles. The lowest BCUT2D eigenvalue weighted by Crippen LogP contribution is -1.95. The van der Waals surface area contributed by atoms with Crippen LogP contribution in [-0.4, -0.2) is 14.3 Å². The number of imidazole rings is 1. The van der Waals surface area contributed by atoms with Crippen molar-refractivity contribution in [2.45, 2.75) is 20.3 Å². The second kappa shape index (κ2) is 5.42. The lowest BCUT2D eigenvalue weighted by Gasteiger charge is -2.04. The van der Waals surface area contributed by atoms with E-state index in [9.17, 15) is 10.1 Å². The van der Waals surface area contributed by atoms with Crippen LogP contribution in [0.25, 0.3) is 16.0 Å². The normalized spacial score (nSPS) is 11.4. The molecule has 0 atom stereocenters. The third kappa shape index (κ3) is 2.35. The van der Waals surface area contributed by atoms with Gasteiger partial charge in [-0.15, -0.1) is 11.3 Å². The maximum Gasteiger partial charge on any atom is 0.269 e. The number of hydrogen-bond donors (Lipinski definition) is 0. The molecule has 0 aliphatic carbocycles. The van der Waals surface area contributed by atoms with Gasteiger partial charge in [-0.25, -0.2) is 4.98 Å². The molecule has 0 aliphatic rings. The Labute approximate surface area is 142 Å². The van der Waals surface area contributed by atoms with Crippen molar-refractivity contribution in [3.8, 4) is 0 Å². The van der Waals surface area contributed by atoms with Crippen LogP contribution < -0.4 is 0 Å². The van der Waals surface area contributed by atoms with Crippen molar-refractivity contribution >= 4 is 33.0 Å². The molecule has 2 aromatic heterocycles. The molecular formula is C18H15N3O2S. The Kier molecular flexibility index (Phi) is 3.35. The average Bonchev–Trinajstić information content (AvgIpc) is 3.09. The molecule has 0 N–H and O–H groups in total. The van der Waals surface area contributed by atoms with Crippen LogP contribution in [0.15, 0.2) is 41.8 Å². The molecule has 0 unspecified atom stereocenters. The van der Waals surface area contributed by atoms with E-state index < -0.39 is 0 Å². The third-order valence-corrected chi connectivity index (χ3v) is 5.23. The van der Waals surface area contributed by atoms with Crippen molar-refractivity contribution in [1.82, 2.24) is 9.38 Å². The van der Waals surface area contributed by atoms with Gasteiger partial charge in [0.05, 0.1) is 16.0 Å². The van der Waals surface area contributed by atoms with E-state index in [0.717, 1.165) is 33.7 Å². The summed E-state index contributed by atoms with van der Waals surface area (Å²) in [5.74, 6) is 0. The van der Waals surface area contributed by atoms with Crippen LogP contribution in [0.5, 0.6) is 0 Å². The van der Waals surface area contributed by atoms with Gasteiger partial charge in [0.2, 0.25) is 0 Å². The monoisotopic (exact) mass is 337 g/mol. The molecule has 24 heavy (non-hydrogen) atoms. The minimum Gasteiger partial charge on any atom is -0.287 e. The zero-order valence-electron chi connectivity index (χ0n) is 13.3. The Bertz CT molecular complexity index is 1080. The number of thiazole rings is 1. The first-order valence-corrected chi connectivity index (χ1v) is 8.50. The molecule has 6 heteroatoms. The summed E-state index contributed by atoms with van der Waals surface area (Å²) in [5, 5.41) is 12.9. The third-order valence-electron chi connectivity index (χ3n) is 4.36. The van der Waals surface area contributed by atoms with Crippen LogP contribution in [-0.2, 0) is 6.42 Å². The van der Waals surface area contributed by atoms with Crippen LogP contribution in [0.2, 0.25) is 0 Å². The van der Waals surface area contributed by atoms with Gasteiger partial charge in [-0.05, 0) is 42.7 Å². The maximum absolute atomic E-state index is 10.8. The van der Waals surface area contributed by atoms with E-state index in [1.165, 1.54) is 11.1 Å². The molecular weight excluding hydrogens is 322 g/mol. The Morgan fingerprint density at radius 1 is 1.17 bits per heavy atom. The zero-order chi connectivity index (χ0) is 16.8. The first-order valence-electron chi connectivity index (χ1n) is 7.62. The Morgan fingerprint density at radius 3 is 2.58 bits per heavy atom. The summed E-state index contributed by atoms with van der Waals surface area (Å²) in [6, 6.07) is 11.0. The van der Waals surface area contributed by atoms with E-state index in [2.05, 4.69) is 35.8 Å². The van der Waals surface area contributed by atoms with Gasteiger partial charge >= 0.3 is 0 Å². The van der Waals surface area contributed by atoms with Gasteiger partial charge in [-0.2, -0.15) is 0 Å². The number of aromatic nitrogens is 2. The van der Waals surface area contributed by atoms with E-state index in [4.69, 9.17) is 4.98 Å². The molecule has 120 valence electrons. The molecule has 4 aromatic rings. The number of hydrogen-bond acceptors (Lipinski definition) is 4. The number of non-ortho nitro benzene ring substituents is 1. The van der Waals surface area contributed by atoms with Gasteiger partial charge in [0, 0.05) is 29.6 Å². The molecule has 0 bridgehead atoms. The topological polar surface area (TPSA) is 60.4 Å². The smallest absolute Gasteiger partial charge is 0.269 e. The summed E-state index contributed by atoms with van der Waals surface area (Å²) < 4.78 is 2.19. The van der Waals surface area contributed by atoms with Crippen molar-refractivity contribution < 1.29 is 4.92 Å². The van der Waals surface area contributed by atoms with Crippen LogP contribution in [0.3, 0.4) is 0 Å². The number of nitro benzene ring substituents is 1. The highest BCUT2D eigenvalue weighted by molar-refractivity contribution is 7.15. The predicted molar refractivity (Wildman–Crippen MR) is 96.0 cm³/mol. The quantitative estimate of drug-likeness (QED) is 0.403. The molecule has 4 rings (SSSR count).